The molecule has 3 heteroatoms. The minimum atomic E-state index is 1.14. The van der Waals surface area contributed by atoms with Crippen LogP contribution in [0, 0.1) is 0 Å². The number of fused-ring (bicyclic) bond motifs is 1. The zero-order chi connectivity index (χ0) is 10.3. The average Bonchev–Trinajstić information content (AvgIpc) is 2.77. The summed E-state index contributed by atoms with van der Waals surface area (Å²) in [6.07, 6.45) is 3.66. The minimum absolute atomic E-state index is 1.14. The molecular formula is C12H10BrNS. The van der Waals surface area contributed by atoms with Gasteiger partial charge in [0.05, 0.1) is 5.69 Å². The van der Waals surface area contributed by atoms with Crippen LogP contribution < -0.4 is 0 Å². The number of aromatic nitrogens is 1. The van der Waals surface area contributed by atoms with E-state index in [2.05, 4.69) is 34.1 Å². The van der Waals surface area contributed by atoms with Crippen LogP contribution in [0.2, 0.25) is 0 Å². The van der Waals surface area contributed by atoms with Crippen molar-refractivity contribution in [2.75, 3.05) is 0 Å². The summed E-state index contributed by atoms with van der Waals surface area (Å²) in [6.45, 7) is 0. The van der Waals surface area contributed by atoms with E-state index in [1.165, 1.54) is 29.0 Å². The number of halogens is 1. The molecule has 0 atom stereocenters. The van der Waals surface area contributed by atoms with Gasteiger partial charge in [-0.2, -0.15) is 0 Å². The van der Waals surface area contributed by atoms with Gasteiger partial charge >= 0.3 is 0 Å². The Balaban J connectivity index is 2.10. The Morgan fingerprint density at radius 2 is 2.07 bits per heavy atom. The lowest BCUT2D eigenvalue weighted by Gasteiger charge is -1.99. The first-order valence-corrected chi connectivity index (χ1v) is 6.69. The molecule has 0 N–H and O–H groups in total. The van der Waals surface area contributed by atoms with Crippen molar-refractivity contribution in [3.05, 3.63) is 39.3 Å². The first-order chi connectivity index (χ1) is 7.34. The Labute approximate surface area is 101 Å². The molecule has 0 unspecified atom stereocenters. The highest BCUT2D eigenvalue weighted by Crippen LogP contribution is 2.36. The van der Waals surface area contributed by atoms with Crippen molar-refractivity contribution >= 4 is 27.3 Å². The number of thiazole rings is 1. The third-order valence-electron chi connectivity index (χ3n) is 2.70. The first kappa shape index (κ1) is 9.55. The van der Waals surface area contributed by atoms with Crippen LogP contribution >= 0.6 is 27.3 Å². The van der Waals surface area contributed by atoms with E-state index in [1.54, 1.807) is 0 Å². The van der Waals surface area contributed by atoms with Gasteiger partial charge in [-0.3, -0.25) is 0 Å². The van der Waals surface area contributed by atoms with Gasteiger partial charge in [-0.05, 0) is 25.3 Å². The summed E-state index contributed by atoms with van der Waals surface area (Å²) in [5, 5.41) is 1.16. The molecule has 76 valence electrons. The summed E-state index contributed by atoms with van der Waals surface area (Å²) in [4.78, 5) is 6.20. The molecule has 0 saturated carbocycles. The van der Waals surface area contributed by atoms with Gasteiger partial charge in [0.25, 0.3) is 0 Å². The Hall–Kier alpha value is -0.670. The standard InChI is InChI=1S/C12H10BrNS/c13-9-5-2-1-4-8(9)12-14-10-6-3-7-11(10)15-12/h1-2,4-5H,3,6-7H2. The summed E-state index contributed by atoms with van der Waals surface area (Å²) in [7, 11) is 0. The first-order valence-electron chi connectivity index (χ1n) is 5.08. The number of hydrogen-bond donors (Lipinski definition) is 0. The van der Waals surface area contributed by atoms with Gasteiger partial charge in [-0.15, -0.1) is 11.3 Å². The summed E-state index contributed by atoms with van der Waals surface area (Å²) < 4.78 is 1.14. The molecule has 0 spiro atoms. The van der Waals surface area contributed by atoms with E-state index >= 15 is 0 Å². The van der Waals surface area contributed by atoms with Gasteiger partial charge < -0.3 is 0 Å². The molecule has 0 amide bonds. The maximum atomic E-state index is 4.71. The van der Waals surface area contributed by atoms with Crippen molar-refractivity contribution in [2.45, 2.75) is 19.3 Å². The van der Waals surface area contributed by atoms with Crippen molar-refractivity contribution in [3.63, 3.8) is 0 Å². The highest BCUT2D eigenvalue weighted by atomic mass is 79.9. The number of nitrogens with zero attached hydrogens (tertiary/aromatic N) is 1. The second-order valence-corrected chi connectivity index (χ2v) is 5.66. The Morgan fingerprint density at radius 1 is 1.20 bits per heavy atom. The molecule has 0 fully saturated rings. The summed E-state index contributed by atoms with van der Waals surface area (Å²) in [6, 6.07) is 8.29. The van der Waals surface area contributed by atoms with Gasteiger partial charge in [-0.25, -0.2) is 4.98 Å². The van der Waals surface area contributed by atoms with E-state index in [-0.39, 0.29) is 0 Å². The SMILES string of the molecule is Brc1ccccc1-c1nc2c(s1)CCC2. The van der Waals surface area contributed by atoms with Crippen molar-refractivity contribution in [1.82, 2.24) is 4.98 Å². The second-order valence-electron chi connectivity index (χ2n) is 3.72. The molecular weight excluding hydrogens is 270 g/mol. The van der Waals surface area contributed by atoms with Crippen molar-refractivity contribution in [3.8, 4) is 10.6 Å². The minimum Gasteiger partial charge on any atom is -0.241 e. The van der Waals surface area contributed by atoms with Crippen molar-refractivity contribution < 1.29 is 0 Å². The predicted octanol–water partition coefficient (Wildman–Crippen LogP) is 4.06. The molecule has 0 radical (unpaired) electrons. The lowest BCUT2D eigenvalue weighted by Crippen LogP contribution is -1.81. The number of rotatable bonds is 1. The number of hydrogen-bond acceptors (Lipinski definition) is 2. The Bertz CT molecular complexity index is 483. The molecule has 1 nitrogen and oxygen atoms in total. The van der Waals surface area contributed by atoms with Crippen LogP contribution in [0.1, 0.15) is 17.0 Å². The van der Waals surface area contributed by atoms with Crippen molar-refractivity contribution in [2.24, 2.45) is 0 Å². The van der Waals surface area contributed by atoms with E-state index in [4.69, 9.17) is 4.98 Å². The lowest BCUT2D eigenvalue weighted by molar-refractivity contribution is 0.900. The predicted molar refractivity (Wildman–Crippen MR) is 67.3 cm³/mol. The van der Waals surface area contributed by atoms with Crippen LogP contribution in [-0.4, -0.2) is 4.98 Å². The maximum Gasteiger partial charge on any atom is 0.125 e. The third kappa shape index (κ3) is 1.64. The van der Waals surface area contributed by atoms with Gasteiger partial charge in [-0.1, -0.05) is 34.1 Å². The highest BCUT2D eigenvalue weighted by Gasteiger charge is 2.18. The fourth-order valence-corrected chi connectivity index (χ4v) is 3.73. The number of aryl methyl sites for hydroxylation is 2. The summed E-state index contributed by atoms with van der Waals surface area (Å²) in [5.41, 5.74) is 2.54. The Kier molecular flexibility index (Phi) is 2.37. The molecule has 1 aliphatic carbocycles. The molecule has 3 rings (SSSR count). The van der Waals surface area contributed by atoms with Crippen molar-refractivity contribution in [1.29, 1.82) is 0 Å². The van der Waals surface area contributed by atoms with E-state index in [1.807, 2.05) is 17.4 Å². The van der Waals surface area contributed by atoms with Gasteiger partial charge in [0, 0.05) is 14.9 Å². The molecule has 1 aromatic heterocycles. The summed E-state index contributed by atoms with van der Waals surface area (Å²) in [5.74, 6) is 0. The molecule has 1 aromatic carbocycles. The molecule has 1 aliphatic rings. The van der Waals surface area contributed by atoms with E-state index < -0.39 is 0 Å². The van der Waals surface area contributed by atoms with E-state index in [0.717, 1.165) is 15.9 Å². The topological polar surface area (TPSA) is 12.9 Å². The van der Waals surface area contributed by atoms with Crippen LogP contribution in [0.3, 0.4) is 0 Å². The fourth-order valence-electron chi connectivity index (χ4n) is 1.94. The lowest BCUT2D eigenvalue weighted by atomic mass is 10.2. The van der Waals surface area contributed by atoms with E-state index in [9.17, 15) is 0 Å². The molecule has 2 aromatic rings. The van der Waals surface area contributed by atoms with Crippen LogP contribution in [0.5, 0.6) is 0 Å². The fraction of sp³-hybridized carbons (Fsp3) is 0.250. The summed E-state index contributed by atoms with van der Waals surface area (Å²) >= 11 is 5.42. The zero-order valence-electron chi connectivity index (χ0n) is 8.16. The molecule has 1 heterocycles. The smallest absolute Gasteiger partial charge is 0.125 e. The normalized spacial score (nSPS) is 14.2. The van der Waals surface area contributed by atoms with Crippen LogP contribution in [0.15, 0.2) is 28.7 Å². The third-order valence-corrected chi connectivity index (χ3v) is 4.58. The highest BCUT2D eigenvalue weighted by molar-refractivity contribution is 9.10. The van der Waals surface area contributed by atoms with Gasteiger partial charge in [0.2, 0.25) is 0 Å². The monoisotopic (exact) mass is 279 g/mol. The molecule has 0 bridgehead atoms. The zero-order valence-corrected chi connectivity index (χ0v) is 10.6. The van der Waals surface area contributed by atoms with Crippen LogP contribution in [-0.2, 0) is 12.8 Å². The van der Waals surface area contributed by atoms with Gasteiger partial charge in [0.1, 0.15) is 5.01 Å². The molecule has 15 heavy (non-hydrogen) atoms. The Morgan fingerprint density at radius 3 is 2.87 bits per heavy atom. The van der Waals surface area contributed by atoms with Gasteiger partial charge in [0.15, 0.2) is 0 Å². The van der Waals surface area contributed by atoms with Crippen LogP contribution in [0.4, 0.5) is 0 Å². The quantitative estimate of drug-likeness (QED) is 0.767. The van der Waals surface area contributed by atoms with Crippen LogP contribution in [0.25, 0.3) is 10.6 Å². The molecule has 0 saturated heterocycles. The second kappa shape index (κ2) is 3.72. The largest absolute Gasteiger partial charge is 0.241 e. The number of benzene rings is 1. The molecule has 0 aliphatic heterocycles. The van der Waals surface area contributed by atoms with E-state index in [0.29, 0.717) is 0 Å². The maximum absolute atomic E-state index is 4.71. The average molecular weight is 280 g/mol.